The van der Waals surface area contributed by atoms with Crippen LogP contribution >= 0.6 is 15.9 Å². The van der Waals surface area contributed by atoms with Gasteiger partial charge in [-0.1, -0.05) is 56.3 Å². The van der Waals surface area contributed by atoms with Crippen LogP contribution in [0.2, 0.25) is 0 Å². The molecular weight excluding hydrogens is 558 g/mol. The number of nitrogens with one attached hydrogen (secondary N) is 1. The first-order chi connectivity index (χ1) is 17.6. The number of nitrogens with zero attached hydrogens (tertiary/aromatic N) is 2. The van der Waals surface area contributed by atoms with Crippen molar-refractivity contribution < 1.29 is 22.7 Å². The number of carbonyl (C=O) groups is 1. The lowest BCUT2D eigenvalue weighted by atomic mass is 10.0. The van der Waals surface area contributed by atoms with Crippen molar-refractivity contribution in [2.75, 3.05) is 24.2 Å². The molecule has 3 aromatic rings. The van der Waals surface area contributed by atoms with Crippen molar-refractivity contribution in [2.45, 2.75) is 26.4 Å². The monoisotopic (exact) mass is 587 g/mol. The van der Waals surface area contributed by atoms with Crippen LogP contribution in [0.15, 0.2) is 76.3 Å². The zero-order chi connectivity index (χ0) is 27.0. The smallest absolute Gasteiger partial charge is 0.260 e. The predicted molar refractivity (Wildman–Crippen MR) is 150 cm³/mol. The maximum Gasteiger partial charge on any atom is 0.260 e. The summed E-state index contributed by atoms with van der Waals surface area (Å²) < 4.78 is 37.8. The third-order valence-electron chi connectivity index (χ3n) is 5.42. The average molecular weight is 589 g/mol. The first-order valence-corrected chi connectivity index (χ1v) is 14.2. The van der Waals surface area contributed by atoms with Crippen molar-refractivity contribution in [1.29, 1.82) is 0 Å². The topological polar surface area (TPSA) is 97.3 Å². The Hall–Kier alpha value is -3.37. The first-order valence-electron chi connectivity index (χ1n) is 11.5. The zero-order valence-electron chi connectivity index (χ0n) is 21.1. The normalized spacial score (nSPS) is 11.5. The van der Waals surface area contributed by atoms with Gasteiger partial charge >= 0.3 is 0 Å². The van der Waals surface area contributed by atoms with Gasteiger partial charge in [-0.25, -0.2) is 13.8 Å². The Bertz CT molecular complexity index is 1340. The number of hydrogen-bond acceptors (Lipinski definition) is 6. The van der Waals surface area contributed by atoms with E-state index in [4.69, 9.17) is 9.47 Å². The van der Waals surface area contributed by atoms with E-state index in [2.05, 4.69) is 26.5 Å². The molecule has 0 fully saturated rings. The third-order valence-corrected chi connectivity index (χ3v) is 7.15. The summed E-state index contributed by atoms with van der Waals surface area (Å²) in [6, 6.07) is 20.3. The minimum atomic E-state index is -3.68. The molecule has 3 rings (SSSR count). The molecule has 1 N–H and O–H groups in total. The molecular formula is C27H30BrN3O5S. The fraction of sp³-hybridized carbons (Fsp3) is 0.259. The van der Waals surface area contributed by atoms with Gasteiger partial charge in [-0.3, -0.25) is 9.10 Å². The molecule has 0 saturated heterocycles. The Balaban J connectivity index is 1.67. The number of methoxy groups -OCH3 is 1. The fourth-order valence-corrected chi connectivity index (χ4v) is 4.88. The molecule has 0 unspecified atom stereocenters. The molecule has 37 heavy (non-hydrogen) atoms. The van der Waals surface area contributed by atoms with Gasteiger partial charge in [-0.15, -0.1) is 0 Å². The van der Waals surface area contributed by atoms with Crippen LogP contribution in [0, 0.1) is 0 Å². The molecule has 10 heteroatoms. The van der Waals surface area contributed by atoms with Crippen molar-refractivity contribution in [2.24, 2.45) is 5.10 Å². The van der Waals surface area contributed by atoms with Crippen LogP contribution in [0.3, 0.4) is 0 Å². The second-order valence-electron chi connectivity index (χ2n) is 8.62. The summed E-state index contributed by atoms with van der Waals surface area (Å²) in [5, 5.41) is 3.98. The molecule has 0 heterocycles. The number of ether oxygens (including phenoxy) is 2. The largest absolute Gasteiger partial charge is 0.493 e. The molecule has 0 aliphatic carbocycles. The number of carbonyl (C=O) groups excluding carboxylic acids is 1. The minimum Gasteiger partial charge on any atom is -0.493 e. The van der Waals surface area contributed by atoms with Crippen LogP contribution in [0.5, 0.6) is 11.5 Å². The maximum absolute atomic E-state index is 12.5. The van der Waals surface area contributed by atoms with Crippen molar-refractivity contribution >= 4 is 43.8 Å². The number of benzene rings is 3. The first kappa shape index (κ1) is 28.2. The van der Waals surface area contributed by atoms with E-state index in [1.54, 1.807) is 24.3 Å². The predicted octanol–water partition coefficient (Wildman–Crippen LogP) is 5.08. The van der Waals surface area contributed by atoms with Crippen molar-refractivity contribution in [1.82, 2.24) is 5.43 Å². The Labute approximate surface area is 226 Å². The van der Waals surface area contributed by atoms with Gasteiger partial charge in [0.05, 0.1) is 29.7 Å². The quantitative estimate of drug-likeness (QED) is 0.249. The van der Waals surface area contributed by atoms with Gasteiger partial charge in [0.1, 0.15) is 13.2 Å². The summed E-state index contributed by atoms with van der Waals surface area (Å²) in [6.45, 7) is 4.06. The van der Waals surface area contributed by atoms with Crippen LogP contribution in [-0.4, -0.2) is 40.4 Å². The van der Waals surface area contributed by atoms with Crippen molar-refractivity contribution in [3.8, 4) is 11.5 Å². The highest BCUT2D eigenvalue weighted by Crippen LogP contribution is 2.36. The van der Waals surface area contributed by atoms with Gasteiger partial charge in [0, 0.05) is 0 Å². The summed E-state index contributed by atoms with van der Waals surface area (Å²) in [6.07, 6.45) is 2.50. The van der Waals surface area contributed by atoms with Crippen LogP contribution in [-0.2, 0) is 21.4 Å². The average Bonchev–Trinajstić information content (AvgIpc) is 2.86. The number of anilines is 1. The van der Waals surface area contributed by atoms with Crippen LogP contribution in [0.25, 0.3) is 0 Å². The molecule has 3 aromatic carbocycles. The number of sulfonamides is 1. The van der Waals surface area contributed by atoms with E-state index >= 15 is 0 Å². The molecule has 0 saturated carbocycles. The van der Waals surface area contributed by atoms with Gasteiger partial charge in [0.15, 0.2) is 11.5 Å². The van der Waals surface area contributed by atoms with Crippen LogP contribution < -0.4 is 19.2 Å². The number of halogens is 1. The summed E-state index contributed by atoms with van der Waals surface area (Å²) in [5.41, 5.74) is 5.53. The van der Waals surface area contributed by atoms with Crippen LogP contribution in [0.1, 0.15) is 36.5 Å². The van der Waals surface area contributed by atoms with E-state index in [1.165, 1.54) is 13.3 Å². The second kappa shape index (κ2) is 12.7. The number of rotatable bonds is 11. The van der Waals surface area contributed by atoms with E-state index in [1.807, 2.05) is 56.3 Å². The van der Waals surface area contributed by atoms with E-state index < -0.39 is 22.5 Å². The molecule has 0 atom stereocenters. The van der Waals surface area contributed by atoms with Gasteiger partial charge in [0.2, 0.25) is 10.0 Å². The lowest BCUT2D eigenvalue weighted by molar-refractivity contribution is -0.119. The molecule has 0 aromatic heterocycles. The minimum absolute atomic E-state index is 0.307. The standard InChI is InChI=1S/C27H30BrN3O5S/c1-19(2)22-10-12-23(13-11-22)31(37(4,33)34)17-26(32)30-29-16-21-14-24(28)27(25(15-21)35-3)36-18-20-8-6-5-7-9-20/h5-16,19H,17-18H2,1-4H3,(H,30,32)/b29-16-. The molecule has 8 nitrogen and oxygen atoms in total. The number of hydrogen-bond donors (Lipinski definition) is 1. The molecule has 1 amide bonds. The van der Waals surface area contributed by atoms with E-state index in [-0.39, 0.29) is 0 Å². The number of amides is 1. The van der Waals surface area contributed by atoms with Gasteiger partial charge in [-0.2, -0.15) is 5.10 Å². The van der Waals surface area contributed by atoms with Gasteiger partial charge in [-0.05, 0) is 62.8 Å². The van der Waals surface area contributed by atoms with Crippen molar-refractivity contribution in [3.05, 3.63) is 87.9 Å². The highest BCUT2D eigenvalue weighted by molar-refractivity contribution is 9.10. The van der Waals surface area contributed by atoms with E-state index in [0.717, 1.165) is 21.7 Å². The third kappa shape index (κ3) is 8.06. The summed E-state index contributed by atoms with van der Waals surface area (Å²) in [7, 11) is -2.15. The highest BCUT2D eigenvalue weighted by atomic mass is 79.9. The van der Waals surface area contributed by atoms with Crippen molar-refractivity contribution in [3.63, 3.8) is 0 Å². The van der Waals surface area contributed by atoms with E-state index in [9.17, 15) is 13.2 Å². The molecule has 0 aliphatic heterocycles. The van der Waals surface area contributed by atoms with E-state index in [0.29, 0.717) is 39.7 Å². The molecule has 0 bridgehead atoms. The SMILES string of the molecule is COc1cc(/C=N\NC(=O)CN(c2ccc(C(C)C)cc2)S(C)(=O)=O)cc(Br)c1OCc1ccccc1. The number of hydrazone groups is 1. The lowest BCUT2D eigenvalue weighted by Gasteiger charge is -2.21. The lowest BCUT2D eigenvalue weighted by Crippen LogP contribution is -2.39. The molecule has 0 radical (unpaired) electrons. The Kier molecular flexibility index (Phi) is 9.71. The fourth-order valence-electron chi connectivity index (χ4n) is 3.45. The second-order valence-corrected chi connectivity index (χ2v) is 11.4. The highest BCUT2D eigenvalue weighted by Gasteiger charge is 2.21. The molecule has 0 spiro atoms. The van der Waals surface area contributed by atoms with Gasteiger partial charge in [0.25, 0.3) is 5.91 Å². The Morgan fingerprint density at radius 2 is 1.78 bits per heavy atom. The Morgan fingerprint density at radius 3 is 2.38 bits per heavy atom. The van der Waals surface area contributed by atoms with Crippen LogP contribution in [0.4, 0.5) is 5.69 Å². The maximum atomic E-state index is 12.5. The molecule has 0 aliphatic rings. The summed E-state index contributed by atoms with van der Waals surface area (Å²) in [4.78, 5) is 12.5. The zero-order valence-corrected chi connectivity index (χ0v) is 23.5. The molecule has 196 valence electrons. The summed E-state index contributed by atoms with van der Waals surface area (Å²) in [5.74, 6) is 0.760. The summed E-state index contributed by atoms with van der Waals surface area (Å²) >= 11 is 3.50. The Morgan fingerprint density at radius 1 is 1.11 bits per heavy atom. The van der Waals surface area contributed by atoms with Gasteiger partial charge < -0.3 is 9.47 Å².